The summed E-state index contributed by atoms with van der Waals surface area (Å²) in [5.41, 5.74) is 4.61. The topological polar surface area (TPSA) is 73.1 Å². The maximum atomic E-state index is 10.4. The lowest BCUT2D eigenvalue weighted by molar-refractivity contribution is 0.222. The predicted molar refractivity (Wildman–Crippen MR) is 142 cm³/mol. The average molecular weight is 473 g/mol. The van der Waals surface area contributed by atoms with Gasteiger partial charge in [-0.2, -0.15) is 9.97 Å². The number of fused-ring (bicyclic) bond motifs is 3. The van der Waals surface area contributed by atoms with Crippen LogP contribution < -0.4 is 4.74 Å². The number of hydrogen-bond donors (Lipinski definition) is 1. The number of hydrogen-bond acceptors (Lipinski definition) is 5. The minimum atomic E-state index is -0.111. The highest BCUT2D eigenvalue weighted by atomic mass is 16.5. The third kappa shape index (κ3) is 3.82. The van der Waals surface area contributed by atoms with Crippen LogP contribution in [0.4, 0.5) is 0 Å². The van der Waals surface area contributed by atoms with Crippen LogP contribution in [0.1, 0.15) is 13.8 Å². The molecule has 0 saturated carbocycles. The van der Waals surface area contributed by atoms with Gasteiger partial charge in [0, 0.05) is 22.0 Å². The maximum Gasteiger partial charge on any atom is 0.320 e. The molecule has 0 amide bonds. The molecular formula is C30H24N4O2. The second kappa shape index (κ2) is 8.82. The number of rotatable bonds is 5. The minimum absolute atomic E-state index is 0.102. The molecule has 6 rings (SSSR count). The van der Waals surface area contributed by atoms with E-state index in [0.717, 1.165) is 27.7 Å². The number of phenols is 1. The van der Waals surface area contributed by atoms with Crippen molar-refractivity contribution in [3.05, 3.63) is 97.1 Å². The van der Waals surface area contributed by atoms with Crippen molar-refractivity contribution in [3.8, 4) is 40.2 Å². The number of nitrogens with zero attached hydrogens (tertiary/aromatic N) is 4. The van der Waals surface area contributed by atoms with E-state index in [-0.39, 0.29) is 17.9 Å². The van der Waals surface area contributed by atoms with E-state index in [1.807, 2.05) is 44.2 Å². The van der Waals surface area contributed by atoms with Gasteiger partial charge in [-0.25, -0.2) is 4.98 Å². The summed E-state index contributed by atoms with van der Waals surface area (Å²) in [5, 5.41) is 12.8. The highest BCUT2D eigenvalue weighted by Gasteiger charge is 2.17. The molecule has 2 heterocycles. The van der Waals surface area contributed by atoms with Crippen LogP contribution in [-0.2, 0) is 0 Å². The number of ether oxygens (including phenoxy) is 1. The van der Waals surface area contributed by atoms with Crippen LogP contribution in [-0.4, -0.2) is 30.7 Å². The lowest BCUT2D eigenvalue weighted by atomic mass is 10.1. The predicted octanol–water partition coefficient (Wildman–Crippen LogP) is 6.80. The Labute approximate surface area is 208 Å². The summed E-state index contributed by atoms with van der Waals surface area (Å²) in [6, 6.07) is 32.2. The Bertz CT molecular complexity index is 1710. The van der Waals surface area contributed by atoms with Crippen LogP contribution in [0.25, 0.3) is 50.3 Å². The molecule has 6 aromatic rings. The fourth-order valence-electron chi connectivity index (χ4n) is 4.50. The number of benzene rings is 4. The van der Waals surface area contributed by atoms with E-state index in [1.165, 1.54) is 5.39 Å². The standard InChI is InChI=1S/C30H24N4O2/c1-19(2)36-30-32-28(31-29(33-30)24-13-7-9-15-27(24)35)20-16-17-23-22-12-6-8-14-25(22)34(26(23)18-20)21-10-4-3-5-11-21/h3-19,35H,1-2H3. The number of aromatic hydroxyl groups is 1. The Hall–Kier alpha value is -4.71. The van der Waals surface area contributed by atoms with Crippen molar-refractivity contribution in [2.24, 2.45) is 0 Å². The van der Waals surface area contributed by atoms with Crippen molar-refractivity contribution in [2.45, 2.75) is 20.0 Å². The van der Waals surface area contributed by atoms with E-state index in [4.69, 9.17) is 9.72 Å². The van der Waals surface area contributed by atoms with Gasteiger partial charge in [0.1, 0.15) is 5.75 Å². The summed E-state index contributed by atoms with van der Waals surface area (Å²) in [6.07, 6.45) is -0.111. The van der Waals surface area contributed by atoms with Crippen LogP contribution >= 0.6 is 0 Å². The highest BCUT2D eigenvalue weighted by molar-refractivity contribution is 6.10. The first kappa shape index (κ1) is 21.8. The lowest BCUT2D eigenvalue weighted by Crippen LogP contribution is -2.10. The Kier molecular flexibility index (Phi) is 5.34. The number of para-hydroxylation sites is 3. The van der Waals surface area contributed by atoms with Gasteiger partial charge < -0.3 is 14.4 Å². The van der Waals surface area contributed by atoms with E-state index in [9.17, 15) is 5.11 Å². The molecule has 0 spiro atoms. The molecule has 0 unspecified atom stereocenters. The van der Waals surface area contributed by atoms with Gasteiger partial charge in [0.25, 0.3) is 0 Å². The molecule has 0 radical (unpaired) electrons. The number of phenolic OH excluding ortho intramolecular Hbond substituents is 1. The molecular weight excluding hydrogens is 448 g/mol. The van der Waals surface area contributed by atoms with E-state index in [0.29, 0.717) is 17.2 Å². The summed E-state index contributed by atoms with van der Waals surface area (Å²) in [4.78, 5) is 13.8. The molecule has 176 valence electrons. The van der Waals surface area contributed by atoms with Crippen molar-refractivity contribution in [3.63, 3.8) is 0 Å². The molecule has 0 aliphatic heterocycles. The summed E-state index contributed by atoms with van der Waals surface area (Å²) < 4.78 is 8.11. The molecule has 1 N–H and O–H groups in total. The lowest BCUT2D eigenvalue weighted by Gasteiger charge is -2.12. The zero-order valence-electron chi connectivity index (χ0n) is 20.0. The van der Waals surface area contributed by atoms with Crippen molar-refractivity contribution in [2.75, 3.05) is 0 Å². The Morgan fingerprint density at radius 1 is 0.694 bits per heavy atom. The van der Waals surface area contributed by atoms with Crippen LogP contribution in [0, 0.1) is 0 Å². The van der Waals surface area contributed by atoms with Crippen LogP contribution in [0.2, 0.25) is 0 Å². The summed E-state index contributed by atoms with van der Waals surface area (Å²) >= 11 is 0. The molecule has 6 nitrogen and oxygen atoms in total. The van der Waals surface area contributed by atoms with Gasteiger partial charge in [0.2, 0.25) is 0 Å². The van der Waals surface area contributed by atoms with Gasteiger partial charge in [-0.3, -0.25) is 0 Å². The molecule has 6 heteroatoms. The zero-order chi connectivity index (χ0) is 24.6. The first-order valence-electron chi connectivity index (χ1n) is 11.9. The van der Waals surface area contributed by atoms with Gasteiger partial charge >= 0.3 is 6.01 Å². The van der Waals surface area contributed by atoms with Crippen molar-refractivity contribution in [1.82, 2.24) is 19.5 Å². The van der Waals surface area contributed by atoms with E-state index in [1.54, 1.807) is 18.2 Å². The SMILES string of the molecule is CC(C)Oc1nc(-c2ccc3c4ccccc4n(-c4ccccc4)c3c2)nc(-c2ccccc2O)n1. The molecule has 2 aromatic heterocycles. The van der Waals surface area contributed by atoms with Crippen LogP contribution in [0.3, 0.4) is 0 Å². The zero-order valence-corrected chi connectivity index (χ0v) is 20.0. The Morgan fingerprint density at radius 2 is 1.39 bits per heavy atom. The van der Waals surface area contributed by atoms with E-state index >= 15 is 0 Å². The monoisotopic (exact) mass is 472 g/mol. The Balaban J connectivity index is 1.59. The molecule has 36 heavy (non-hydrogen) atoms. The van der Waals surface area contributed by atoms with Crippen molar-refractivity contribution in [1.29, 1.82) is 0 Å². The Morgan fingerprint density at radius 3 is 2.19 bits per heavy atom. The molecule has 4 aromatic carbocycles. The van der Waals surface area contributed by atoms with Crippen molar-refractivity contribution >= 4 is 21.8 Å². The fourth-order valence-corrected chi connectivity index (χ4v) is 4.50. The second-order valence-corrected chi connectivity index (χ2v) is 8.87. The fraction of sp³-hybridized carbons (Fsp3) is 0.100. The molecule has 0 aliphatic carbocycles. The number of aromatic nitrogens is 4. The molecule has 0 aliphatic rings. The third-order valence-corrected chi connectivity index (χ3v) is 6.05. The van der Waals surface area contributed by atoms with E-state index < -0.39 is 0 Å². The maximum absolute atomic E-state index is 10.4. The van der Waals surface area contributed by atoms with Gasteiger partial charge in [0.15, 0.2) is 11.6 Å². The quantitative estimate of drug-likeness (QED) is 0.299. The van der Waals surface area contributed by atoms with Gasteiger partial charge in [-0.1, -0.05) is 60.7 Å². The van der Waals surface area contributed by atoms with Gasteiger partial charge in [-0.05, 0) is 50.2 Å². The smallest absolute Gasteiger partial charge is 0.320 e. The minimum Gasteiger partial charge on any atom is -0.507 e. The molecule has 0 atom stereocenters. The van der Waals surface area contributed by atoms with Gasteiger partial charge in [-0.15, -0.1) is 0 Å². The summed E-state index contributed by atoms with van der Waals surface area (Å²) in [5.74, 6) is 0.938. The van der Waals surface area contributed by atoms with Crippen molar-refractivity contribution < 1.29 is 9.84 Å². The van der Waals surface area contributed by atoms with Crippen LogP contribution in [0.15, 0.2) is 97.1 Å². The second-order valence-electron chi connectivity index (χ2n) is 8.87. The van der Waals surface area contributed by atoms with Gasteiger partial charge in [0.05, 0.1) is 22.7 Å². The summed E-state index contributed by atoms with van der Waals surface area (Å²) in [7, 11) is 0. The van der Waals surface area contributed by atoms with E-state index in [2.05, 4.69) is 63.1 Å². The third-order valence-electron chi connectivity index (χ3n) is 6.05. The molecule has 0 fully saturated rings. The first-order valence-corrected chi connectivity index (χ1v) is 11.9. The molecule has 0 bridgehead atoms. The largest absolute Gasteiger partial charge is 0.507 e. The first-order chi connectivity index (χ1) is 17.6. The molecule has 0 saturated heterocycles. The normalized spacial score (nSPS) is 11.4. The van der Waals surface area contributed by atoms with Crippen LogP contribution in [0.5, 0.6) is 11.8 Å². The average Bonchev–Trinajstić information content (AvgIpc) is 3.22. The highest BCUT2D eigenvalue weighted by Crippen LogP contribution is 2.35. The summed E-state index contributed by atoms with van der Waals surface area (Å²) in [6.45, 7) is 3.85.